The van der Waals surface area contributed by atoms with Gasteiger partial charge in [-0.15, -0.1) is 0 Å². The van der Waals surface area contributed by atoms with Crippen LogP contribution < -0.4 is 4.98 Å². The molecule has 0 saturated heterocycles. The van der Waals surface area contributed by atoms with E-state index in [0.29, 0.717) is 0 Å². The Kier molecular flexibility index (Phi) is 6.65. The van der Waals surface area contributed by atoms with Gasteiger partial charge in [0.15, 0.2) is 0 Å². The molecular weight excluding hydrogens is 170 g/mol. The lowest BCUT2D eigenvalue weighted by atomic mass is 10.3. The predicted octanol–water partition coefficient (Wildman–Crippen LogP) is 1.63. The smallest absolute Gasteiger partial charge is 0.386 e. The Morgan fingerprint density at radius 1 is 1.17 bits per heavy atom. The Morgan fingerprint density at radius 2 is 1.75 bits per heavy atom. The second kappa shape index (κ2) is 6.60. The summed E-state index contributed by atoms with van der Waals surface area (Å²) in [6.45, 7) is 5.27. The Morgan fingerprint density at radius 3 is 2.08 bits per heavy atom. The molecule has 0 amide bonds. The first-order chi connectivity index (χ1) is 5.74. The van der Waals surface area contributed by atoms with Crippen LogP contribution in [0.25, 0.3) is 0 Å². The average molecular weight is 191 g/mol. The summed E-state index contributed by atoms with van der Waals surface area (Å²) in [7, 11) is 1.44. The highest BCUT2D eigenvalue weighted by molar-refractivity contribution is 6.64. The highest BCUT2D eigenvalue weighted by atomic mass is 28.4. The Bertz CT molecular complexity index is 99.0. The second-order valence-corrected chi connectivity index (χ2v) is 6.18. The molecule has 3 nitrogen and oxygen atoms in total. The fourth-order valence-electron chi connectivity index (χ4n) is 1.10. The quantitative estimate of drug-likeness (QED) is 0.490. The molecule has 0 unspecified atom stereocenters. The summed E-state index contributed by atoms with van der Waals surface area (Å²) in [6, 6.07) is 0.948. The highest BCUT2D eigenvalue weighted by Gasteiger charge is 2.32. The van der Waals surface area contributed by atoms with Crippen molar-refractivity contribution in [2.45, 2.75) is 32.7 Å². The largest absolute Gasteiger partial charge is 0.424 e. The molecule has 0 radical (unpaired) electrons. The van der Waals surface area contributed by atoms with Gasteiger partial charge in [-0.1, -0.05) is 20.3 Å². The van der Waals surface area contributed by atoms with Gasteiger partial charge < -0.3 is 8.85 Å². The molecule has 0 aliphatic rings. The standard InChI is InChI=1S/C8H21NO2Si/c1-5-7-8-9-12(6-2,10-3)11-4/h9H,5-8H2,1-4H3. The van der Waals surface area contributed by atoms with E-state index < -0.39 is 8.72 Å². The Balaban J connectivity index is 3.76. The van der Waals surface area contributed by atoms with E-state index in [4.69, 9.17) is 8.85 Å². The summed E-state index contributed by atoms with van der Waals surface area (Å²) in [6.07, 6.45) is 2.39. The van der Waals surface area contributed by atoms with Gasteiger partial charge in [-0.3, -0.25) is 4.98 Å². The lowest BCUT2D eigenvalue weighted by molar-refractivity contribution is 0.229. The lowest BCUT2D eigenvalue weighted by Gasteiger charge is -2.26. The van der Waals surface area contributed by atoms with E-state index in [9.17, 15) is 0 Å². The maximum Gasteiger partial charge on any atom is 0.424 e. The molecule has 0 atom stereocenters. The maximum atomic E-state index is 5.39. The number of rotatable bonds is 7. The summed E-state index contributed by atoms with van der Waals surface area (Å²) >= 11 is 0. The summed E-state index contributed by atoms with van der Waals surface area (Å²) in [4.78, 5) is 3.38. The van der Waals surface area contributed by atoms with Crippen LogP contribution in [0.4, 0.5) is 0 Å². The molecular formula is C8H21NO2Si. The molecule has 12 heavy (non-hydrogen) atoms. The minimum atomic E-state index is -2.00. The van der Waals surface area contributed by atoms with Crippen molar-refractivity contribution >= 4 is 8.72 Å². The predicted molar refractivity (Wildman–Crippen MR) is 53.2 cm³/mol. The molecule has 0 saturated carbocycles. The van der Waals surface area contributed by atoms with E-state index in [1.807, 2.05) is 0 Å². The third-order valence-corrected chi connectivity index (χ3v) is 5.09. The molecule has 74 valence electrons. The molecule has 0 aromatic rings. The van der Waals surface area contributed by atoms with Crippen molar-refractivity contribution in [2.24, 2.45) is 0 Å². The van der Waals surface area contributed by atoms with Crippen LogP contribution in [0.15, 0.2) is 0 Å². The van der Waals surface area contributed by atoms with Gasteiger partial charge in [-0.05, 0) is 13.0 Å². The molecule has 0 spiro atoms. The molecule has 0 fully saturated rings. The summed E-state index contributed by atoms with van der Waals surface area (Å²) < 4.78 is 10.8. The van der Waals surface area contributed by atoms with Crippen molar-refractivity contribution in [2.75, 3.05) is 20.8 Å². The molecule has 1 N–H and O–H groups in total. The molecule has 4 heteroatoms. The molecule has 0 aromatic carbocycles. The molecule has 0 rings (SSSR count). The third kappa shape index (κ3) is 3.67. The van der Waals surface area contributed by atoms with Crippen LogP contribution in [-0.4, -0.2) is 29.5 Å². The van der Waals surface area contributed by atoms with Crippen molar-refractivity contribution in [1.82, 2.24) is 4.98 Å². The average Bonchev–Trinajstić information content (AvgIpc) is 2.14. The van der Waals surface area contributed by atoms with Gasteiger partial charge >= 0.3 is 8.72 Å². The van der Waals surface area contributed by atoms with Crippen LogP contribution in [0.5, 0.6) is 0 Å². The van der Waals surface area contributed by atoms with Gasteiger partial charge in [0, 0.05) is 20.3 Å². The normalized spacial score (nSPS) is 12.0. The monoisotopic (exact) mass is 191 g/mol. The van der Waals surface area contributed by atoms with E-state index in [2.05, 4.69) is 18.8 Å². The van der Waals surface area contributed by atoms with Crippen LogP contribution in [-0.2, 0) is 8.85 Å². The zero-order valence-electron chi connectivity index (χ0n) is 8.64. The number of unbranched alkanes of at least 4 members (excludes halogenated alkanes) is 1. The fraction of sp³-hybridized carbons (Fsp3) is 1.00. The Hall–Kier alpha value is 0.0969. The van der Waals surface area contributed by atoms with Crippen molar-refractivity contribution < 1.29 is 8.85 Å². The van der Waals surface area contributed by atoms with Crippen LogP contribution >= 0.6 is 0 Å². The molecule has 0 aliphatic carbocycles. The van der Waals surface area contributed by atoms with Gasteiger partial charge in [0.25, 0.3) is 0 Å². The van der Waals surface area contributed by atoms with Crippen LogP contribution in [0.1, 0.15) is 26.7 Å². The van der Waals surface area contributed by atoms with Crippen LogP contribution in [0.2, 0.25) is 6.04 Å². The summed E-state index contributed by atoms with van der Waals surface area (Å²) in [5.74, 6) is 0. The molecule has 0 heterocycles. The summed E-state index contributed by atoms with van der Waals surface area (Å²) in [5, 5.41) is 0. The van der Waals surface area contributed by atoms with Gasteiger partial charge in [0.05, 0.1) is 0 Å². The minimum absolute atomic E-state index is 0.948. The first kappa shape index (κ1) is 12.1. The van der Waals surface area contributed by atoms with E-state index in [1.54, 1.807) is 14.2 Å². The highest BCUT2D eigenvalue weighted by Crippen LogP contribution is 2.06. The first-order valence-corrected chi connectivity index (χ1v) is 6.62. The number of nitrogens with one attached hydrogen (secondary N) is 1. The van der Waals surface area contributed by atoms with E-state index in [0.717, 1.165) is 12.6 Å². The Labute approximate surface area is 76.8 Å². The fourth-order valence-corrected chi connectivity index (χ4v) is 2.94. The number of hydrogen-bond donors (Lipinski definition) is 1. The third-order valence-electron chi connectivity index (χ3n) is 2.05. The van der Waals surface area contributed by atoms with Crippen molar-refractivity contribution in [3.05, 3.63) is 0 Å². The zero-order chi connectivity index (χ0) is 9.45. The molecule has 0 aromatic heterocycles. The van der Waals surface area contributed by atoms with E-state index >= 15 is 0 Å². The SMILES string of the molecule is CCCCN[Si](CC)(OC)OC. The molecule has 0 bridgehead atoms. The topological polar surface area (TPSA) is 30.5 Å². The second-order valence-electron chi connectivity index (χ2n) is 2.80. The van der Waals surface area contributed by atoms with Crippen LogP contribution in [0, 0.1) is 0 Å². The van der Waals surface area contributed by atoms with Crippen molar-refractivity contribution in [3.8, 4) is 0 Å². The van der Waals surface area contributed by atoms with Gasteiger partial charge in [-0.2, -0.15) is 0 Å². The summed E-state index contributed by atoms with van der Waals surface area (Å²) in [5.41, 5.74) is 0. The van der Waals surface area contributed by atoms with Crippen LogP contribution in [0.3, 0.4) is 0 Å². The van der Waals surface area contributed by atoms with E-state index in [-0.39, 0.29) is 0 Å². The van der Waals surface area contributed by atoms with Gasteiger partial charge in [0.2, 0.25) is 0 Å². The van der Waals surface area contributed by atoms with Crippen molar-refractivity contribution in [1.29, 1.82) is 0 Å². The molecule has 0 aliphatic heterocycles. The first-order valence-electron chi connectivity index (χ1n) is 4.60. The number of hydrogen-bond acceptors (Lipinski definition) is 3. The minimum Gasteiger partial charge on any atom is -0.386 e. The van der Waals surface area contributed by atoms with E-state index in [1.165, 1.54) is 12.8 Å². The lowest BCUT2D eigenvalue weighted by Crippen LogP contribution is -2.54. The van der Waals surface area contributed by atoms with Gasteiger partial charge in [0.1, 0.15) is 0 Å². The maximum absolute atomic E-state index is 5.39. The van der Waals surface area contributed by atoms with Gasteiger partial charge in [-0.25, -0.2) is 0 Å². The van der Waals surface area contributed by atoms with Crippen molar-refractivity contribution in [3.63, 3.8) is 0 Å². The zero-order valence-corrected chi connectivity index (χ0v) is 9.64.